The van der Waals surface area contributed by atoms with Crippen LogP contribution in [0.2, 0.25) is 0 Å². The van der Waals surface area contributed by atoms with E-state index < -0.39 is 0 Å². The Morgan fingerprint density at radius 3 is 1.59 bits per heavy atom. The van der Waals surface area contributed by atoms with E-state index in [9.17, 15) is 19.8 Å². The third-order valence-corrected chi connectivity index (χ3v) is 7.20. The summed E-state index contributed by atoms with van der Waals surface area (Å²) in [5.41, 5.74) is 2.31. The van der Waals surface area contributed by atoms with Crippen LogP contribution in [-0.4, -0.2) is 45.8 Å². The van der Waals surface area contributed by atoms with E-state index in [0.29, 0.717) is 48.2 Å². The molecular weight excluding hydrogens is 488 g/mol. The number of aliphatic hydroxyl groups is 2. The van der Waals surface area contributed by atoms with Crippen molar-refractivity contribution in [2.75, 3.05) is 6.54 Å². The molecule has 0 bridgehead atoms. The number of Topliss-reactive ketones (excluding diaryl/α,β-unsaturated/α-hetero) is 2. The van der Waals surface area contributed by atoms with Crippen LogP contribution in [-0.2, 0) is 9.59 Å². The highest BCUT2D eigenvalue weighted by Crippen LogP contribution is 2.38. The second-order valence-electron chi connectivity index (χ2n) is 12.3. The number of ketones is 2. The van der Waals surface area contributed by atoms with Gasteiger partial charge >= 0.3 is 0 Å². The Bertz CT molecular complexity index is 1380. The zero-order chi connectivity index (χ0) is 28.4. The van der Waals surface area contributed by atoms with Crippen LogP contribution in [0.4, 0.5) is 0 Å². The lowest BCUT2D eigenvalue weighted by Gasteiger charge is -2.32. The highest BCUT2D eigenvalue weighted by molar-refractivity contribution is 6.29. The van der Waals surface area contributed by atoms with Crippen molar-refractivity contribution >= 4 is 34.5 Å². The van der Waals surface area contributed by atoms with Gasteiger partial charge in [0.2, 0.25) is 0 Å². The first-order valence-corrected chi connectivity index (χ1v) is 13.5. The minimum Gasteiger partial charge on any atom is -0.506 e. The molecule has 204 valence electrons. The van der Waals surface area contributed by atoms with E-state index in [0.717, 1.165) is 0 Å². The summed E-state index contributed by atoms with van der Waals surface area (Å²) < 4.78 is 0. The second kappa shape index (κ2) is 11.1. The van der Waals surface area contributed by atoms with Gasteiger partial charge in [-0.2, -0.15) is 0 Å². The molecule has 4 rings (SSSR count). The maximum atomic E-state index is 13.2. The van der Waals surface area contributed by atoms with Gasteiger partial charge in [-0.05, 0) is 30.6 Å². The lowest BCUT2D eigenvalue weighted by molar-refractivity contribution is -0.118. The van der Waals surface area contributed by atoms with Gasteiger partial charge in [0.15, 0.2) is 11.6 Å². The molecule has 0 amide bonds. The molecule has 2 aromatic carbocycles. The smallest absolute Gasteiger partial charge is 0.168 e. The number of benzene rings is 2. The molecule has 0 saturated heterocycles. The highest BCUT2D eigenvalue weighted by atomic mass is 16.3. The lowest BCUT2D eigenvalue weighted by Crippen LogP contribution is -2.34. The molecule has 2 aliphatic carbocycles. The van der Waals surface area contributed by atoms with Gasteiger partial charge in [-0.3, -0.25) is 19.6 Å². The van der Waals surface area contributed by atoms with Crippen LogP contribution in [0.25, 0.3) is 11.5 Å². The Morgan fingerprint density at radius 1 is 0.718 bits per heavy atom. The molecule has 2 aliphatic rings. The van der Waals surface area contributed by atoms with Gasteiger partial charge < -0.3 is 10.2 Å². The van der Waals surface area contributed by atoms with Crippen molar-refractivity contribution in [3.05, 3.63) is 82.9 Å². The summed E-state index contributed by atoms with van der Waals surface area (Å²) in [5, 5.41) is 22.1. The van der Waals surface area contributed by atoms with Gasteiger partial charge in [-0.1, -0.05) is 88.4 Å². The Kier molecular flexibility index (Phi) is 8.05. The SMILES string of the molecule is CC(CN=C1CC(C)(C)CC(=O)/C1=C(/O)c1ccccc1)N=C1CC(C)(C)CC(=O)/C1=C(/O)c1ccccc1. The normalized spacial score (nSPS) is 24.5. The number of aliphatic hydroxyl groups excluding tert-OH is 2. The predicted octanol–water partition coefficient (Wildman–Crippen LogP) is 6.97. The first-order valence-electron chi connectivity index (χ1n) is 13.5. The van der Waals surface area contributed by atoms with Crippen LogP contribution >= 0.6 is 0 Å². The number of carbonyl (C=O) groups is 2. The average molecular weight is 527 g/mol. The first kappa shape index (κ1) is 28.2. The van der Waals surface area contributed by atoms with E-state index in [1.54, 1.807) is 24.3 Å². The number of carbonyl (C=O) groups excluding carboxylic acids is 2. The quantitative estimate of drug-likeness (QED) is 0.324. The van der Waals surface area contributed by atoms with Gasteiger partial charge in [-0.25, -0.2) is 0 Å². The molecule has 0 radical (unpaired) electrons. The third-order valence-electron chi connectivity index (χ3n) is 7.20. The Labute approximate surface area is 230 Å². The van der Waals surface area contributed by atoms with Crippen molar-refractivity contribution < 1.29 is 19.8 Å². The molecule has 0 aliphatic heterocycles. The molecule has 0 spiro atoms. The molecule has 1 unspecified atom stereocenters. The number of aliphatic imine (C=N–C) groups is 2. The van der Waals surface area contributed by atoms with Gasteiger partial charge in [0, 0.05) is 29.7 Å². The van der Waals surface area contributed by atoms with E-state index >= 15 is 0 Å². The van der Waals surface area contributed by atoms with Crippen LogP contribution in [0.15, 0.2) is 81.8 Å². The van der Waals surface area contributed by atoms with E-state index in [1.807, 2.05) is 71.0 Å². The maximum absolute atomic E-state index is 13.2. The number of rotatable bonds is 5. The Hall–Kier alpha value is -3.80. The molecule has 1 atom stereocenters. The van der Waals surface area contributed by atoms with Crippen LogP contribution in [0.3, 0.4) is 0 Å². The number of nitrogens with zero attached hydrogens (tertiary/aromatic N) is 2. The summed E-state index contributed by atoms with van der Waals surface area (Å²) in [6.45, 7) is 10.3. The molecule has 2 fully saturated rings. The van der Waals surface area contributed by atoms with E-state index in [2.05, 4.69) is 0 Å². The number of hydrogen-bond donors (Lipinski definition) is 2. The fourth-order valence-corrected chi connectivity index (χ4v) is 5.39. The minimum absolute atomic E-state index is 0.0496. The predicted molar refractivity (Wildman–Crippen MR) is 157 cm³/mol. The minimum atomic E-state index is -0.312. The lowest BCUT2D eigenvalue weighted by atomic mass is 9.73. The Balaban J connectivity index is 1.70. The zero-order valence-corrected chi connectivity index (χ0v) is 23.5. The van der Waals surface area contributed by atoms with Crippen molar-refractivity contribution in [2.24, 2.45) is 20.8 Å². The molecule has 0 aromatic heterocycles. The fraction of sp³-hybridized carbons (Fsp3) is 0.394. The standard InChI is InChI=1S/C33H38N2O4/c1-21(35-25-17-33(4,5)19-27(37)29(25)31(39)23-14-10-7-11-15-23)20-34-24-16-32(2,3)18-26(36)28(24)30(38)22-12-8-6-9-13-22/h6-15,21,38-39H,16-20H2,1-5H3/b30-28+,31-29+,34-24?,35-25?. The Morgan fingerprint density at radius 2 is 1.13 bits per heavy atom. The molecular formula is C33H38N2O4. The monoisotopic (exact) mass is 526 g/mol. The average Bonchev–Trinajstić information content (AvgIpc) is 2.86. The maximum Gasteiger partial charge on any atom is 0.168 e. The summed E-state index contributed by atoms with van der Waals surface area (Å²) in [6, 6.07) is 17.8. The fourth-order valence-electron chi connectivity index (χ4n) is 5.39. The van der Waals surface area contributed by atoms with Crippen LogP contribution in [0, 0.1) is 10.8 Å². The molecule has 2 N–H and O–H groups in total. The summed E-state index contributed by atoms with van der Waals surface area (Å²) in [4.78, 5) is 36.0. The van der Waals surface area contributed by atoms with E-state index in [1.165, 1.54) is 0 Å². The van der Waals surface area contributed by atoms with Crippen LogP contribution < -0.4 is 0 Å². The van der Waals surface area contributed by atoms with Crippen molar-refractivity contribution in [3.8, 4) is 0 Å². The molecule has 2 saturated carbocycles. The van der Waals surface area contributed by atoms with E-state index in [-0.39, 0.29) is 57.6 Å². The largest absolute Gasteiger partial charge is 0.506 e. The van der Waals surface area contributed by atoms with Crippen molar-refractivity contribution in [3.63, 3.8) is 0 Å². The second-order valence-corrected chi connectivity index (χ2v) is 12.3. The summed E-state index contributed by atoms with van der Waals surface area (Å²) >= 11 is 0. The molecule has 6 heteroatoms. The zero-order valence-electron chi connectivity index (χ0n) is 23.5. The molecule has 39 heavy (non-hydrogen) atoms. The van der Waals surface area contributed by atoms with E-state index in [4.69, 9.17) is 9.98 Å². The van der Waals surface area contributed by atoms with Crippen LogP contribution in [0.5, 0.6) is 0 Å². The topological polar surface area (TPSA) is 99.3 Å². The first-order chi connectivity index (χ1) is 18.4. The molecule has 0 heterocycles. The van der Waals surface area contributed by atoms with Crippen molar-refractivity contribution in [2.45, 2.75) is 66.3 Å². The van der Waals surface area contributed by atoms with Gasteiger partial charge in [0.25, 0.3) is 0 Å². The summed E-state index contributed by atoms with van der Waals surface area (Å²) in [7, 11) is 0. The highest BCUT2D eigenvalue weighted by Gasteiger charge is 2.38. The van der Waals surface area contributed by atoms with Gasteiger partial charge in [-0.15, -0.1) is 0 Å². The molecule has 6 nitrogen and oxygen atoms in total. The number of allylic oxidation sites excluding steroid dienone is 2. The number of hydrogen-bond acceptors (Lipinski definition) is 6. The van der Waals surface area contributed by atoms with Crippen molar-refractivity contribution in [1.29, 1.82) is 0 Å². The molecule has 2 aromatic rings. The summed E-state index contributed by atoms with van der Waals surface area (Å²) in [5.74, 6) is -0.345. The van der Waals surface area contributed by atoms with Gasteiger partial charge in [0.1, 0.15) is 11.5 Å². The van der Waals surface area contributed by atoms with Gasteiger partial charge in [0.05, 0.1) is 29.4 Å². The third kappa shape index (κ3) is 6.62. The summed E-state index contributed by atoms with van der Waals surface area (Å²) in [6.07, 6.45) is 1.77. The van der Waals surface area contributed by atoms with Crippen LogP contribution in [0.1, 0.15) is 71.4 Å². The van der Waals surface area contributed by atoms with Crippen molar-refractivity contribution in [1.82, 2.24) is 0 Å².